The van der Waals surface area contributed by atoms with E-state index in [1.54, 1.807) is 11.0 Å². The fourth-order valence-electron chi connectivity index (χ4n) is 3.67. The number of carbonyl (C=O) groups excluding carboxylic acids is 1. The lowest BCUT2D eigenvalue weighted by Gasteiger charge is -2.31. The van der Waals surface area contributed by atoms with Crippen molar-refractivity contribution in [3.63, 3.8) is 0 Å². The van der Waals surface area contributed by atoms with Crippen LogP contribution in [-0.2, 0) is 0 Å². The number of nitro groups is 1. The summed E-state index contributed by atoms with van der Waals surface area (Å²) >= 11 is 3.30. The Kier molecular flexibility index (Phi) is 5.58. The molecule has 136 valence electrons. The van der Waals surface area contributed by atoms with Crippen LogP contribution in [0.15, 0.2) is 16.6 Å². The third-order valence-electron chi connectivity index (χ3n) is 5.05. The molecule has 2 atom stereocenters. The van der Waals surface area contributed by atoms with Crippen molar-refractivity contribution >= 4 is 33.2 Å². The summed E-state index contributed by atoms with van der Waals surface area (Å²) in [7, 11) is 0. The summed E-state index contributed by atoms with van der Waals surface area (Å²) in [6.45, 7) is 1.39. The van der Waals surface area contributed by atoms with Gasteiger partial charge < -0.3 is 16.0 Å². The average Bonchev–Trinajstić information content (AvgIpc) is 3.11. The van der Waals surface area contributed by atoms with E-state index in [1.807, 2.05) is 0 Å². The fourth-order valence-corrected chi connectivity index (χ4v) is 4.12. The number of rotatable bonds is 4. The van der Waals surface area contributed by atoms with Gasteiger partial charge in [-0.2, -0.15) is 0 Å². The third kappa shape index (κ3) is 3.95. The van der Waals surface area contributed by atoms with E-state index in [-0.39, 0.29) is 23.7 Å². The molecule has 3 N–H and O–H groups in total. The molecule has 0 bridgehead atoms. The van der Waals surface area contributed by atoms with Gasteiger partial charge in [0, 0.05) is 35.7 Å². The molecule has 1 amide bonds. The zero-order valence-electron chi connectivity index (χ0n) is 14.0. The average molecular weight is 411 g/mol. The van der Waals surface area contributed by atoms with Crippen LogP contribution < -0.4 is 11.1 Å². The van der Waals surface area contributed by atoms with E-state index in [2.05, 4.69) is 21.2 Å². The van der Waals surface area contributed by atoms with Gasteiger partial charge in [-0.1, -0.05) is 28.8 Å². The Morgan fingerprint density at radius 2 is 1.92 bits per heavy atom. The SMILES string of the molecule is N[C@H]1CCCC[C@H]1Nc1c(C(=O)N2CCCC2)cc(Br)cc1[N+](=O)[O-]. The Hall–Kier alpha value is -1.67. The maximum absolute atomic E-state index is 12.9. The minimum Gasteiger partial charge on any atom is -0.375 e. The second kappa shape index (κ2) is 7.70. The highest BCUT2D eigenvalue weighted by Crippen LogP contribution is 2.35. The molecule has 2 fully saturated rings. The normalized spacial score (nSPS) is 23.5. The number of benzene rings is 1. The highest BCUT2D eigenvalue weighted by molar-refractivity contribution is 9.10. The van der Waals surface area contributed by atoms with Crippen molar-refractivity contribution in [2.24, 2.45) is 5.73 Å². The van der Waals surface area contributed by atoms with Crippen molar-refractivity contribution in [3.8, 4) is 0 Å². The number of nitro benzene ring substituents is 1. The molecule has 1 aliphatic heterocycles. The Labute approximate surface area is 155 Å². The summed E-state index contributed by atoms with van der Waals surface area (Å²) < 4.78 is 0.528. The van der Waals surface area contributed by atoms with Gasteiger partial charge in [0.2, 0.25) is 0 Å². The minimum atomic E-state index is -0.442. The van der Waals surface area contributed by atoms with E-state index in [0.29, 0.717) is 28.8 Å². The molecule has 0 radical (unpaired) electrons. The highest BCUT2D eigenvalue weighted by atomic mass is 79.9. The Balaban J connectivity index is 2.00. The summed E-state index contributed by atoms with van der Waals surface area (Å²) in [5.41, 5.74) is 6.75. The van der Waals surface area contributed by atoms with E-state index in [4.69, 9.17) is 5.73 Å². The van der Waals surface area contributed by atoms with Gasteiger partial charge in [-0.05, 0) is 31.7 Å². The number of carbonyl (C=O) groups is 1. The molecule has 3 rings (SSSR count). The zero-order valence-corrected chi connectivity index (χ0v) is 15.6. The molecule has 1 heterocycles. The van der Waals surface area contributed by atoms with Gasteiger partial charge in [-0.15, -0.1) is 0 Å². The number of hydrogen-bond donors (Lipinski definition) is 2. The van der Waals surface area contributed by atoms with Crippen LogP contribution in [0.3, 0.4) is 0 Å². The van der Waals surface area contributed by atoms with Crippen LogP contribution in [0.1, 0.15) is 48.9 Å². The lowest BCUT2D eigenvalue weighted by Crippen LogP contribution is -2.43. The number of hydrogen-bond acceptors (Lipinski definition) is 5. The lowest BCUT2D eigenvalue weighted by atomic mass is 9.90. The molecule has 1 saturated heterocycles. The molecule has 25 heavy (non-hydrogen) atoms. The van der Waals surface area contributed by atoms with Gasteiger partial charge >= 0.3 is 0 Å². The second-order valence-corrected chi connectivity index (χ2v) is 7.72. The first kappa shape index (κ1) is 18.1. The summed E-state index contributed by atoms with van der Waals surface area (Å²) in [4.78, 5) is 25.8. The largest absolute Gasteiger partial charge is 0.375 e. The quantitative estimate of drug-likeness (QED) is 0.585. The molecule has 1 aliphatic carbocycles. The predicted molar refractivity (Wildman–Crippen MR) is 99.8 cm³/mol. The van der Waals surface area contributed by atoms with E-state index in [1.165, 1.54) is 6.07 Å². The van der Waals surface area contributed by atoms with Gasteiger partial charge in [0.15, 0.2) is 0 Å². The van der Waals surface area contributed by atoms with Crippen LogP contribution in [0, 0.1) is 10.1 Å². The van der Waals surface area contributed by atoms with Crippen molar-refractivity contribution in [1.82, 2.24) is 4.90 Å². The molecule has 1 aromatic carbocycles. The summed E-state index contributed by atoms with van der Waals surface area (Å²) in [6.07, 6.45) is 5.78. The molecular formula is C17H23BrN4O3. The summed E-state index contributed by atoms with van der Waals surface area (Å²) in [5, 5.41) is 14.8. The van der Waals surface area contributed by atoms with Gasteiger partial charge in [-0.3, -0.25) is 14.9 Å². The van der Waals surface area contributed by atoms with Crippen molar-refractivity contribution in [2.45, 2.75) is 50.6 Å². The molecule has 1 saturated carbocycles. The van der Waals surface area contributed by atoms with Crippen LogP contribution in [0.4, 0.5) is 11.4 Å². The molecule has 0 unspecified atom stereocenters. The molecule has 0 spiro atoms. The Morgan fingerprint density at radius 3 is 2.56 bits per heavy atom. The first-order valence-electron chi connectivity index (χ1n) is 8.76. The van der Waals surface area contributed by atoms with Crippen LogP contribution in [0.25, 0.3) is 0 Å². The smallest absolute Gasteiger partial charge is 0.294 e. The first-order valence-corrected chi connectivity index (χ1v) is 9.56. The molecule has 7 nitrogen and oxygen atoms in total. The van der Waals surface area contributed by atoms with Crippen molar-refractivity contribution in [2.75, 3.05) is 18.4 Å². The molecule has 2 aliphatic rings. The number of nitrogens with zero attached hydrogens (tertiary/aromatic N) is 2. The molecular weight excluding hydrogens is 388 g/mol. The number of likely N-dealkylation sites (tertiary alicyclic amines) is 1. The van der Waals surface area contributed by atoms with E-state index < -0.39 is 4.92 Å². The zero-order chi connectivity index (χ0) is 18.0. The van der Waals surface area contributed by atoms with Crippen LogP contribution in [0.5, 0.6) is 0 Å². The topological polar surface area (TPSA) is 102 Å². The van der Waals surface area contributed by atoms with Gasteiger partial charge in [-0.25, -0.2) is 0 Å². The molecule has 0 aromatic heterocycles. The summed E-state index contributed by atoms with van der Waals surface area (Å²) in [6, 6.07) is 2.99. The van der Waals surface area contributed by atoms with Crippen LogP contribution in [0.2, 0.25) is 0 Å². The van der Waals surface area contributed by atoms with Crippen molar-refractivity contribution < 1.29 is 9.72 Å². The third-order valence-corrected chi connectivity index (χ3v) is 5.51. The second-order valence-electron chi connectivity index (χ2n) is 6.80. The van der Waals surface area contributed by atoms with E-state index in [0.717, 1.165) is 38.5 Å². The van der Waals surface area contributed by atoms with Gasteiger partial charge in [0.05, 0.1) is 10.5 Å². The van der Waals surface area contributed by atoms with E-state index in [9.17, 15) is 14.9 Å². The van der Waals surface area contributed by atoms with Crippen molar-refractivity contribution in [1.29, 1.82) is 0 Å². The number of nitrogens with one attached hydrogen (secondary N) is 1. The standard InChI is InChI=1S/C17H23BrN4O3/c18-11-9-12(17(23)21-7-3-4-8-21)16(15(10-11)22(24)25)20-14-6-2-1-5-13(14)19/h9-10,13-14,20H,1-8,19H2/t13-,14+/m0/s1. The first-order chi connectivity index (χ1) is 12.0. The van der Waals surface area contributed by atoms with Gasteiger partial charge in [0.1, 0.15) is 5.69 Å². The van der Waals surface area contributed by atoms with Crippen molar-refractivity contribution in [3.05, 3.63) is 32.3 Å². The van der Waals surface area contributed by atoms with E-state index >= 15 is 0 Å². The maximum Gasteiger partial charge on any atom is 0.294 e. The number of halogens is 1. The predicted octanol–water partition coefficient (Wildman–Crippen LogP) is 3.28. The maximum atomic E-state index is 12.9. The minimum absolute atomic E-state index is 0.0567. The lowest BCUT2D eigenvalue weighted by molar-refractivity contribution is -0.384. The van der Waals surface area contributed by atoms with Crippen LogP contribution >= 0.6 is 15.9 Å². The Morgan fingerprint density at radius 1 is 1.24 bits per heavy atom. The molecule has 8 heteroatoms. The highest BCUT2D eigenvalue weighted by Gasteiger charge is 2.31. The number of anilines is 1. The molecule has 1 aromatic rings. The number of nitrogens with two attached hydrogens (primary N) is 1. The number of amides is 1. The monoisotopic (exact) mass is 410 g/mol. The fraction of sp³-hybridized carbons (Fsp3) is 0.588. The Bertz CT molecular complexity index is 676. The van der Waals surface area contributed by atoms with Gasteiger partial charge in [0.25, 0.3) is 11.6 Å². The van der Waals surface area contributed by atoms with Crippen LogP contribution in [-0.4, -0.2) is 40.9 Å². The summed E-state index contributed by atoms with van der Waals surface area (Å²) in [5.74, 6) is -0.159.